The Morgan fingerprint density at radius 3 is 2.25 bits per heavy atom. The first-order valence-corrected chi connectivity index (χ1v) is 8.01. The molecule has 0 saturated carbocycles. The molecule has 0 unspecified atom stereocenters. The van der Waals surface area contributed by atoms with Gasteiger partial charge in [-0.3, -0.25) is 4.79 Å². The highest BCUT2D eigenvalue weighted by atomic mass is 35.5. The molecule has 128 valence electrons. The second kappa shape index (κ2) is 7.58. The number of hydrogen-bond donors (Lipinski definition) is 1. The first-order valence-electron chi connectivity index (χ1n) is 7.63. The van der Waals surface area contributed by atoms with Gasteiger partial charge in [0.2, 0.25) is 0 Å². The first-order chi connectivity index (χ1) is 11.4. The van der Waals surface area contributed by atoms with Gasteiger partial charge in [-0.1, -0.05) is 37.6 Å². The van der Waals surface area contributed by atoms with Crippen LogP contribution in [0, 0.1) is 0 Å². The molecule has 0 aliphatic rings. The lowest BCUT2D eigenvalue weighted by atomic mass is 9.84. The minimum absolute atomic E-state index is 0.178. The van der Waals surface area contributed by atoms with Gasteiger partial charge in [-0.05, 0) is 29.8 Å². The zero-order valence-electron chi connectivity index (χ0n) is 14.4. The average molecular weight is 348 g/mol. The van der Waals surface area contributed by atoms with E-state index in [9.17, 15) is 4.79 Å². The monoisotopic (exact) mass is 347 g/mol. The summed E-state index contributed by atoms with van der Waals surface area (Å²) in [5, 5.41) is 3.65. The number of ether oxygens (including phenoxy) is 2. The second-order valence-corrected chi connectivity index (χ2v) is 6.61. The molecule has 1 N–H and O–H groups in total. The number of halogens is 1. The van der Waals surface area contributed by atoms with E-state index in [4.69, 9.17) is 21.1 Å². The van der Waals surface area contributed by atoms with Crippen molar-refractivity contribution in [1.82, 2.24) is 5.32 Å². The Balaban J connectivity index is 2.12. The molecule has 0 fully saturated rings. The van der Waals surface area contributed by atoms with E-state index in [1.54, 1.807) is 32.4 Å². The molecule has 0 aliphatic heterocycles. The van der Waals surface area contributed by atoms with Crippen LogP contribution in [0.3, 0.4) is 0 Å². The van der Waals surface area contributed by atoms with Gasteiger partial charge in [0.1, 0.15) is 11.5 Å². The molecule has 0 bridgehead atoms. The van der Waals surface area contributed by atoms with Gasteiger partial charge in [0.05, 0.1) is 14.2 Å². The fraction of sp³-hybridized carbons (Fsp3) is 0.316. The average Bonchev–Trinajstić information content (AvgIpc) is 2.59. The molecule has 0 saturated heterocycles. The summed E-state index contributed by atoms with van der Waals surface area (Å²) < 4.78 is 10.4. The fourth-order valence-electron chi connectivity index (χ4n) is 2.35. The molecule has 1 amide bonds. The third-order valence-corrected chi connectivity index (χ3v) is 4.15. The third kappa shape index (κ3) is 4.42. The van der Waals surface area contributed by atoms with Crippen molar-refractivity contribution in [1.29, 1.82) is 0 Å². The van der Waals surface area contributed by atoms with Crippen LogP contribution >= 0.6 is 11.6 Å². The van der Waals surface area contributed by atoms with Crippen LogP contribution in [-0.4, -0.2) is 26.7 Å². The molecular formula is C19H22ClNO3. The van der Waals surface area contributed by atoms with Crippen molar-refractivity contribution in [3.05, 3.63) is 58.6 Å². The molecule has 0 radical (unpaired) electrons. The van der Waals surface area contributed by atoms with Gasteiger partial charge in [0.25, 0.3) is 5.91 Å². The molecule has 4 nitrogen and oxygen atoms in total. The van der Waals surface area contributed by atoms with E-state index in [0.29, 0.717) is 28.6 Å². The van der Waals surface area contributed by atoms with Gasteiger partial charge in [-0.2, -0.15) is 0 Å². The smallest absolute Gasteiger partial charge is 0.251 e. The van der Waals surface area contributed by atoms with Crippen LogP contribution in [0.5, 0.6) is 11.5 Å². The van der Waals surface area contributed by atoms with E-state index in [2.05, 4.69) is 19.2 Å². The van der Waals surface area contributed by atoms with Gasteiger partial charge in [-0.25, -0.2) is 0 Å². The van der Waals surface area contributed by atoms with Crippen molar-refractivity contribution in [2.45, 2.75) is 19.3 Å². The molecule has 0 spiro atoms. The Morgan fingerprint density at radius 2 is 1.71 bits per heavy atom. The van der Waals surface area contributed by atoms with Crippen LogP contribution in [0.25, 0.3) is 0 Å². The van der Waals surface area contributed by atoms with Crippen molar-refractivity contribution < 1.29 is 14.3 Å². The van der Waals surface area contributed by atoms with Gasteiger partial charge in [-0.15, -0.1) is 0 Å². The summed E-state index contributed by atoms with van der Waals surface area (Å²) in [5.74, 6) is 0.976. The Morgan fingerprint density at radius 1 is 1.08 bits per heavy atom. The van der Waals surface area contributed by atoms with Gasteiger partial charge in [0, 0.05) is 28.6 Å². The van der Waals surface area contributed by atoms with Gasteiger partial charge < -0.3 is 14.8 Å². The molecule has 5 heteroatoms. The van der Waals surface area contributed by atoms with Crippen LogP contribution < -0.4 is 14.8 Å². The minimum Gasteiger partial charge on any atom is -0.497 e. The number of hydrogen-bond acceptors (Lipinski definition) is 3. The molecular weight excluding hydrogens is 326 g/mol. The summed E-state index contributed by atoms with van der Waals surface area (Å²) in [7, 11) is 3.11. The maximum atomic E-state index is 12.5. The predicted molar refractivity (Wildman–Crippen MR) is 96.4 cm³/mol. The summed E-state index contributed by atoms with van der Waals surface area (Å²) in [5.41, 5.74) is 1.32. The Kier molecular flexibility index (Phi) is 5.73. The van der Waals surface area contributed by atoms with Crippen LogP contribution in [0.1, 0.15) is 29.8 Å². The number of methoxy groups -OCH3 is 2. The standard InChI is InChI=1S/C19H22ClNO3/c1-19(2,14-6-5-7-15(20)10-14)12-21-18(22)13-8-16(23-3)11-17(9-13)24-4/h5-11H,12H2,1-4H3,(H,21,22). The minimum atomic E-state index is -0.247. The van der Waals surface area contributed by atoms with Crippen LogP contribution in [0.2, 0.25) is 5.02 Å². The maximum Gasteiger partial charge on any atom is 0.251 e. The van der Waals surface area contributed by atoms with E-state index in [1.807, 2.05) is 24.3 Å². The number of nitrogens with one attached hydrogen (secondary N) is 1. The van der Waals surface area contributed by atoms with E-state index in [0.717, 1.165) is 5.56 Å². The molecule has 2 rings (SSSR count). The van der Waals surface area contributed by atoms with Crippen molar-refractivity contribution in [2.75, 3.05) is 20.8 Å². The van der Waals surface area contributed by atoms with Gasteiger partial charge >= 0.3 is 0 Å². The van der Waals surface area contributed by atoms with E-state index >= 15 is 0 Å². The lowest BCUT2D eigenvalue weighted by Gasteiger charge is -2.26. The Hall–Kier alpha value is -2.20. The predicted octanol–water partition coefficient (Wildman–Crippen LogP) is 4.06. The number of rotatable bonds is 6. The molecule has 24 heavy (non-hydrogen) atoms. The summed E-state index contributed by atoms with van der Waals surface area (Å²) in [6.45, 7) is 4.60. The summed E-state index contributed by atoms with van der Waals surface area (Å²) in [6, 6.07) is 12.8. The topological polar surface area (TPSA) is 47.6 Å². The van der Waals surface area contributed by atoms with Crippen molar-refractivity contribution >= 4 is 17.5 Å². The largest absolute Gasteiger partial charge is 0.497 e. The van der Waals surface area contributed by atoms with E-state index in [1.165, 1.54) is 0 Å². The highest BCUT2D eigenvalue weighted by Crippen LogP contribution is 2.26. The summed E-state index contributed by atoms with van der Waals surface area (Å²) in [4.78, 5) is 12.5. The van der Waals surface area contributed by atoms with Crippen molar-refractivity contribution in [3.8, 4) is 11.5 Å². The molecule has 2 aromatic carbocycles. The Bertz CT molecular complexity index is 706. The van der Waals surface area contributed by atoms with Gasteiger partial charge in [0.15, 0.2) is 0 Å². The van der Waals surface area contributed by atoms with E-state index in [-0.39, 0.29) is 11.3 Å². The Labute approximate surface area is 147 Å². The molecule has 0 heterocycles. The van der Waals surface area contributed by atoms with Crippen molar-refractivity contribution in [3.63, 3.8) is 0 Å². The number of amides is 1. The first kappa shape index (κ1) is 18.1. The third-order valence-electron chi connectivity index (χ3n) is 3.91. The van der Waals surface area contributed by atoms with Crippen LogP contribution in [0.15, 0.2) is 42.5 Å². The maximum absolute atomic E-state index is 12.5. The van der Waals surface area contributed by atoms with E-state index < -0.39 is 0 Å². The molecule has 2 aromatic rings. The zero-order chi connectivity index (χ0) is 17.7. The van der Waals surface area contributed by atoms with Crippen LogP contribution in [0.4, 0.5) is 0 Å². The SMILES string of the molecule is COc1cc(OC)cc(C(=O)NCC(C)(C)c2cccc(Cl)c2)c1. The summed E-state index contributed by atoms with van der Waals surface area (Å²) >= 11 is 6.06. The highest BCUT2D eigenvalue weighted by Gasteiger charge is 2.22. The van der Waals surface area contributed by atoms with Crippen LogP contribution in [-0.2, 0) is 5.41 Å². The highest BCUT2D eigenvalue weighted by molar-refractivity contribution is 6.30. The van der Waals surface area contributed by atoms with Crippen molar-refractivity contribution in [2.24, 2.45) is 0 Å². The number of carbonyl (C=O) groups is 1. The quantitative estimate of drug-likeness (QED) is 0.857. The number of carbonyl (C=O) groups excluding carboxylic acids is 1. The fourth-order valence-corrected chi connectivity index (χ4v) is 2.54. The molecule has 0 aliphatic carbocycles. The zero-order valence-corrected chi connectivity index (χ0v) is 15.1. The summed E-state index contributed by atoms with van der Waals surface area (Å²) in [6.07, 6.45) is 0. The molecule has 0 atom stereocenters. The molecule has 0 aromatic heterocycles. The normalized spacial score (nSPS) is 11.0. The lowest BCUT2D eigenvalue weighted by Crippen LogP contribution is -2.36. The number of benzene rings is 2. The lowest BCUT2D eigenvalue weighted by molar-refractivity contribution is 0.0945. The second-order valence-electron chi connectivity index (χ2n) is 6.18.